The van der Waals surface area contributed by atoms with Gasteiger partial charge in [-0.2, -0.15) is 0 Å². The molecule has 2 rings (SSSR count). The highest BCUT2D eigenvalue weighted by Crippen LogP contribution is 2.07. The van der Waals surface area contributed by atoms with Gasteiger partial charge in [0.15, 0.2) is 0 Å². The largest absolute Gasteiger partial charge is 0.352 e. The first kappa shape index (κ1) is 20.5. The zero-order chi connectivity index (χ0) is 19.3. The van der Waals surface area contributed by atoms with Crippen molar-refractivity contribution >= 4 is 11.8 Å². The van der Waals surface area contributed by atoms with Crippen LogP contribution in [0.1, 0.15) is 55.1 Å². The van der Waals surface area contributed by atoms with E-state index in [4.69, 9.17) is 0 Å². The zero-order valence-electron chi connectivity index (χ0n) is 15.8. The maximum atomic E-state index is 12.7. The highest BCUT2D eigenvalue weighted by molar-refractivity contribution is 5.92. The molecule has 0 spiro atoms. The molecule has 2 aromatic rings. The van der Waals surface area contributed by atoms with E-state index in [9.17, 15) is 9.59 Å². The minimum Gasteiger partial charge on any atom is -0.352 e. The second-order valence-corrected chi connectivity index (χ2v) is 6.33. The molecule has 144 valence electrons. The lowest BCUT2D eigenvalue weighted by molar-refractivity contribution is -0.121. The Bertz CT molecular complexity index is 694. The Labute approximate surface area is 160 Å². The quantitative estimate of drug-likeness (QED) is 0.615. The van der Waals surface area contributed by atoms with E-state index in [1.54, 1.807) is 17.3 Å². The Morgan fingerprint density at radius 3 is 2.59 bits per heavy atom. The molecule has 2 heterocycles. The number of amides is 2. The fourth-order valence-corrected chi connectivity index (χ4v) is 2.64. The first-order chi connectivity index (χ1) is 13.2. The second kappa shape index (κ2) is 11.7. The average molecular weight is 369 g/mol. The van der Waals surface area contributed by atoms with Crippen molar-refractivity contribution in [2.75, 3.05) is 13.1 Å². The van der Waals surface area contributed by atoms with Gasteiger partial charge in [-0.05, 0) is 18.1 Å². The molecule has 0 radical (unpaired) electrons. The van der Waals surface area contributed by atoms with Crippen LogP contribution in [0.2, 0.25) is 0 Å². The van der Waals surface area contributed by atoms with Gasteiger partial charge in [0.05, 0.1) is 6.20 Å². The molecule has 0 aliphatic rings. The van der Waals surface area contributed by atoms with Gasteiger partial charge in [0, 0.05) is 50.8 Å². The van der Waals surface area contributed by atoms with Crippen LogP contribution in [0.3, 0.4) is 0 Å². The van der Waals surface area contributed by atoms with Crippen molar-refractivity contribution < 1.29 is 9.59 Å². The van der Waals surface area contributed by atoms with E-state index in [1.807, 2.05) is 12.1 Å². The lowest BCUT2D eigenvalue weighted by atomic mass is 10.2. The minimum atomic E-state index is -0.181. The summed E-state index contributed by atoms with van der Waals surface area (Å²) >= 11 is 0. The number of carbonyl (C=O) groups excluding carboxylic acids is 2. The second-order valence-electron chi connectivity index (χ2n) is 6.33. The molecule has 7 heteroatoms. The van der Waals surface area contributed by atoms with Crippen molar-refractivity contribution in [3.63, 3.8) is 0 Å². The van der Waals surface area contributed by atoms with Gasteiger partial charge in [0.1, 0.15) is 5.69 Å². The van der Waals surface area contributed by atoms with E-state index in [-0.39, 0.29) is 18.2 Å². The van der Waals surface area contributed by atoms with Gasteiger partial charge in [-0.15, -0.1) is 0 Å². The maximum Gasteiger partial charge on any atom is 0.274 e. The molecule has 0 saturated heterocycles. The summed E-state index contributed by atoms with van der Waals surface area (Å²) in [4.78, 5) is 38.6. The molecular formula is C20H27N5O2. The molecule has 1 N–H and O–H groups in total. The summed E-state index contributed by atoms with van der Waals surface area (Å²) < 4.78 is 0. The molecule has 0 atom stereocenters. The van der Waals surface area contributed by atoms with Crippen molar-refractivity contribution in [1.82, 2.24) is 25.2 Å². The summed E-state index contributed by atoms with van der Waals surface area (Å²) in [5.74, 6) is -0.274. The Morgan fingerprint density at radius 1 is 1.04 bits per heavy atom. The van der Waals surface area contributed by atoms with Gasteiger partial charge < -0.3 is 10.2 Å². The Morgan fingerprint density at radius 2 is 1.89 bits per heavy atom. The van der Waals surface area contributed by atoms with Crippen LogP contribution in [0.15, 0.2) is 43.1 Å². The maximum absolute atomic E-state index is 12.7. The third kappa shape index (κ3) is 7.52. The number of aromatic nitrogens is 3. The molecule has 0 aromatic carbocycles. The van der Waals surface area contributed by atoms with Crippen LogP contribution in [-0.4, -0.2) is 44.8 Å². The van der Waals surface area contributed by atoms with Gasteiger partial charge in [0.25, 0.3) is 5.91 Å². The predicted molar refractivity (Wildman–Crippen MR) is 103 cm³/mol. The number of hydrogen-bond donors (Lipinski definition) is 1. The fraction of sp³-hybridized carbons (Fsp3) is 0.450. The highest BCUT2D eigenvalue weighted by atomic mass is 16.2. The van der Waals surface area contributed by atoms with Crippen molar-refractivity contribution in [1.29, 1.82) is 0 Å². The molecule has 0 saturated carbocycles. The van der Waals surface area contributed by atoms with E-state index in [2.05, 4.69) is 27.2 Å². The summed E-state index contributed by atoms with van der Waals surface area (Å²) in [5, 5.41) is 2.86. The van der Waals surface area contributed by atoms with E-state index < -0.39 is 0 Å². The molecule has 2 amide bonds. The Hall–Kier alpha value is -2.83. The average Bonchev–Trinajstić information content (AvgIpc) is 2.72. The smallest absolute Gasteiger partial charge is 0.274 e. The van der Waals surface area contributed by atoms with Crippen molar-refractivity contribution in [3.05, 3.63) is 54.4 Å². The topological polar surface area (TPSA) is 88.1 Å². The number of hydrogen-bond acceptors (Lipinski definition) is 5. The van der Waals surface area contributed by atoms with E-state index in [0.717, 1.165) is 31.2 Å². The number of carbonyl (C=O) groups is 2. The van der Waals surface area contributed by atoms with Crippen molar-refractivity contribution in [2.45, 2.75) is 45.6 Å². The molecule has 0 aliphatic carbocycles. The lowest BCUT2D eigenvalue weighted by Gasteiger charge is -2.22. The zero-order valence-corrected chi connectivity index (χ0v) is 15.8. The monoisotopic (exact) mass is 369 g/mol. The Balaban J connectivity index is 1.86. The third-order valence-corrected chi connectivity index (χ3v) is 4.17. The predicted octanol–water partition coefficient (Wildman–Crippen LogP) is 2.60. The van der Waals surface area contributed by atoms with Crippen molar-refractivity contribution in [2.24, 2.45) is 0 Å². The van der Waals surface area contributed by atoms with Gasteiger partial charge in [-0.1, -0.05) is 32.3 Å². The molecule has 27 heavy (non-hydrogen) atoms. The van der Waals surface area contributed by atoms with E-state index in [0.29, 0.717) is 25.3 Å². The summed E-state index contributed by atoms with van der Waals surface area (Å²) in [6.07, 6.45) is 12.4. The SMILES string of the molecule is CCCCCCN(CCC(=O)NCc1cccnc1)C(=O)c1cnccn1. The molecule has 0 unspecified atom stereocenters. The Kier molecular flexibility index (Phi) is 8.89. The summed E-state index contributed by atoms with van der Waals surface area (Å²) in [5.41, 5.74) is 1.25. The number of rotatable bonds is 11. The van der Waals surface area contributed by atoms with Crippen LogP contribution in [0.4, 0.5) is 0 Å². The molecule has 7 nitrogen and oxygen atoms in total. The van der Waals surface area contributed by atoms with Crippen LogP contribution in [0.25, 0.3) is 0 Å². The summed E-state index contributed by atoms with van der Waals surface area (Å²) in [6, 6.07) is 3.74. The molecule has 0 aliphatic heterocycles. The number of nitrogens with one attached hydrogen (secondary N) is 1. The fourth-order valence-electron chi connectivity index (χ4n) is 2.64. The van der Waals surface area contributed by atoms with Gasteiger partial charge in [-0.3, -0.25) is 19.6 Å². The van der Waals surface area contributed by atoms with Gasteiger partial charge in [0.2, 0.25) is 5.91 Å². The van der Waals surface area contributed by atoms with E-state index >= 15 is 0 Å². The van der Waals surface area contributed by atoms with Gasteiger partial charge in [-0.25, -0.2) is 4.98 Å². The lowest BCUT2D eigenvalue weighted by Crippen LogP contribution is -2.36. The summed E-state index contributed by atoms with van der Waals surface area (Å²) in [6.45, 7) is 3.56. The number of unbranched alkanes of at least 4 members (excludes halogenated alkanes) is 3. The van der Waals surface area contributed by atoms with Crippen LogP contribution in [0, 0.1) is 0 Å². The normalized spacial score (nSPS) is 10.4. The first-order valence-corrected chi connectivity index (χ1v) is 9.41. The molecule has 2 aromatic heterocycles. The molecular weight excluding hydrogens is 342 g/mol. The van der Waals surface area contributed by atoms with Crippen LogP contribution < -0.4 is 5.32 Å². The van der Waals surface area contributed by atoms with Gasteiger partial charge >= 0.3 is 0 Å². The van der Waals surface area contributed by atoms with Crippen LogP contribution in [0.5, 0.6) is 0 Å². The molecule has 0 fully saturated rings. The molecule has 0 bridgehead atoms. The van der Waals surface area contributed by atoms with Crippen LogP contribution >= 0.6 is 0 Å². The summed E-state index contributed by atoms with van der Waals surface area (Å²) in [7, 11) is 0. The minimum absolute atomic E-state index is 0.0932. The first-order valence-electron chi connectivity index (χ1n) is 9.41. The number of pyridine rings is 1. The van der Waals surface area contributed by atoms with Crippen molar-refractivity contribution in [3.8, 4) is 0 Å². The number of nitrogens with zero attached hydrogens (tertiary/aromatic N) is 4. The van der Waals surface area contributed by atoms with Crippen LogP contribution in [-0.2, 0) is 11.3 Å². The standard InChI is InChI=1S/C20H27N5O2/c1-2-3-4-5-12-25(20(27)18-16-22-10-11-23-18)13-8-19(26)24-15-17-7-6-9-21-14-17/h6-7,9-11,14,16H,2-5,8,12-13,15H2,1H3,(H,24,26). The third-order valence-electron chi connectivity index (χ3n) is 4.17. The van der Waals surface area contributed by atoms with E-state index in [1.165, 1.54) is 18.6 Å². The highest BCUT2D eigenvalue weighted by Gasteiger charge is 2.18.